The van der Waals surface area contributed by atoms with Crippen LogP contribution in [-0.4, -0.2) is 22.4 Å². The second-order valence-corrected chi connectivity index (χ2v) is 4.76. The van der Waals surface area contributed by atoms with Crippen LogP contribution >= 0.6 is 0 Å². The lowest BCUT2D eigenvalue weighted by atomic mass is 9.90. The lowest BCUT2D eigenvalue weighted by Crippen LogP contribution is -2.54. The van der Waals surface area contributed by atoms with Gasteiger partial charge in [-0.05, 0) is 40.5 Å². The van der Waals surface area contributed by atoms with E-state index < -0.39 is 0 Å². The van der Waals surface area contributed by atoms with E-state index in [0.717, 1.165) is 12.8 Å². The van der Waals surface area contributed by atoms with Gasteiger partial charge in [0.25, 0.3) is 0 Å². The first kappa shape index (κ1) is 12.5. The molecular weight excluding hydrogens is 162 g/mol. The van der Waals surface area contributed by atoms with E-state index in [-0.39, 0.29) is 11.1 Å². The Bertz CT molecular complexity index is 157. The van der Waals surface area contributed by atoms with Gasteiger partial charge in [0.1, 0.15) is 0 Å². The number of hydrogen-bond acceptors (Lipinski definition) is 1. The van der Waals surface area contributed by atoms with E-state index in [0.29, 0.717) is 0 Å². The van der Waals surface area contributed by atoms with Crippen LogP contribution in [0.3, 0.4) is 0 Å². The number of carbonyl (C=O) groups excluding carboxylic acids is 1. The standard InChI is InChI=1S/C11H22NO/c1-7-10(3,4)12(9-13)11(5,6)8-2/h7-8H2,1-6H3. The van der Waals surface area contributed by atoms with Gasteiger partial charge in [-0.1, -0.05) is 13.8 Å². The van der Waals surface area contributed by atoms with Gasteiger partial charge in [0.05, 0.1) is 0 Å². The normalized spacial score (nSPS) is 12.8. The highest BCUT2D eigenvalue weighted by molar-refractivity contribution is 5.51. The van der Waals surface area contributed by atoms with Crippen LogP contribution in [0.25, 0.3) is 0 Å². The molecule has 0 aliphatic rings. The molecule has 77 valence electrons. The van der Waals surface area contributed by atoms with Crippen molar-refractivity contribution in [2.24, 2.45) is 0 Å². The van der Waals surface area contributed by atoms with Crippen LogP contribution in [0, 0.1) is 0 Å². The highest BCUT2D eigenvalue weighted by Crippen LogP contribution is 2.28. The van der Waals surface area contributed by atoms with Gasteiger partial charge < -0.3 is 4.90 Å². The maximum Gasteiger partial charge on any atom is 0.313 e. The Morgan fingerprint density at radius 2 is 1.31 bits per heavy atom. The monoisotopic (exact) mass is 184 g/mol. The summed E-state index contributed by atoms with van der Waals surface area (Å²) in [6.07, 6.45) is 3.97. The molecule has 0 rings (SSSR count). The summed E-state index contributed by atoms with van der Waals surface area (Å²) in [4.78, 5) is 12.7. The summed E-state index contributed by atoms with van der Waals surface area (Å²) >= 11 is 0. The van der Waals surface area contributed by atoms with Crippen LogP contribution in [-0.2, 0) is 4.79 Å². The number of rotatable bonds is 5. The van der Waals surface area contributed by atoms with Crippen molar-refractivity contribution in [3.8, 4) is 0 Å². The molecule has 2 nitrogen and oxygen atoms in total. The van der Waals surface area contributed by atoms with Crippen molar-refractivity contribution in [2.75, 3.05) is 0 Å². The van der Waals surface area contributed by atoms with Crippen molar-refractivity contribution in [1.29, 1.82) is 0 Å². The third-order valence-corrected chi connectivity index (χ3v) is 3.03. The van der Waals surface area contributed by atoms with Gasteiger partial charge in [-0.15, -0.1) is 0 Å². The lowest BCUT2D eigenvalue weighted by Gasteiger charge is -2.45. The fourth-order valence-corrected chi connectivity index (χ4v) is 1.38. The summed E-state index contributed by atoms with van der Waals surface area (Å²) in [6, 6.07) is 0. The summed E-state index contributed by atoms with van der Waals surface area (Å²) in [7, 11) is 0. The first-order valence-electron chi connectivity index (χ1n) is 5.00. The van der Waals surface area contributed by atoms with E-state index in [1.165, 1.54) is 0 Å². The Morgan fingerprint density at radius 3 is 1.46 bits per heavy atom. The van der Waals surface area contributed by atoms with Crippen LogP contribution < -0.4 is 0 Å². The average molecular weight is 184 g/mol. The Hall–Kier alpha value is -0.530. The molecule has 0 aromatic carbocycles. The summed E-state index contributed by atoms with van der Waals surface area (Å²) in [5, 5.41) is 0. The fourth-order valence-electron chi connectivity index (χ4n) is 1.38. The molecule has 0 fully saturated rings. The van der Waals surface area contributed by atoms with Crippen molar-refractivity contribution in [3.63, 3.8) is 0 Å². The van der Waals surface area contributed by atoms with E-state index in [1.54, 1.807) is 4.90 Å². The Morgan fingerprint density at radius 1 is 1.00 bits per heavy atom. The molecule has 13 heavy (non-hydrogen) atoms. The molecule has 0 aliphatic heterocycles. The van der Waals surface area contributed by atoms with Gasteiger partial charge >= 0.3 is 6.41 Å². The minimum absolute atomic E-state index is 0.0960. The molecule has 0 spiro atoms. The lowest BCUT2D eigenvalue weighted by molar-refractivity contribution is 0.0849. The highest BCUT2D eigenvalue weighted by atomic mass is 16.1. The Labute approximate surface area is 82.3 Å². The molecule has 2 heteroatoms. The van der Waals surface area contributed by atoms with E-state index in [9.17, 15) is 4.79 Å². The molecule has 0 atom stereocenters. The molecule has 0 heterocycles. The summed E-state index contributed by atoms with van der Waals surface area (Å²) in [5.74, 6) is 0. The van der Waals surface area contributed by atoms with Crippen LogP contribution in [0.1, 0.15) is 54.4 Å². The average Bonchev–Trinajstić information content (AvgIpc) is 2.05. The van der Waals surface area contributed by atoms with Crippen LogP contribution in [0.15, 0.2) is 0 Å². The zero-order chi connectivity index (χ0) is 10.7. The zero-order valence-corrected chi connectivity index (χ0v) is 9.77. The van der Waals surface area contributed by atoms with Gasteiger partial charge in [-0.2, -0.15) is 0 Å². The number of hydrogen-bond donors (Lipinski definition) is 0. The van der Waals surface area contributed by atoms with Crippen LogP contribution in [0.2, 0.25) is 0 Å². The third kappa shape index (κ3) is 2.71. The van der Waals surface area contributed by atoms with E-state index in [4.69, 9.17) is 0 Å². The molecule has 1 radical (unpaired) electrons. The minimum atomic E-state index is -0.0960. The maximum atomic E-state index is 10.9. The molecule has 0 unspecified atom stereocenters. The molecule has 0 aliphatic carbocycles. The summed E-state index contributed by atoms with van der Waals surface area (Å²) < 4.78 is 0. The maximum absolute atomic E-state index is 10.9. The first-order chi connectivity index (χ1) is 5.81. The van der Waals surface area contributed by atoms with E-state index in [2.05, 4.69) is 48.0 Å². The zero-order valence-electron chi connectivity index (χ0n) is 9.77. The molecule has 0 saturated carbocycles. The van der Waals surface area contributed by atoms with Crippen LogP contribution in [0.4, 0.5) is 0 Å². The molecule has 0 bridgehead atoms. The van der Waals surface area contributed by atoms with Crippen molar-refractivity contribution >= 4 is 6.41 Å². The summed E-state index contributed by atoms with van der Waals surface area (Å²) in [5.41, 5.74) is -0.192. The Kier molecular flexibility index (Phi) is 3.95. The fraction of sp³-hybridized carbons (Fsp3) is 0.909. The highest BCUT2D eigenvalue weighted by Gasteiger charge is 2.34. The smallest absolute Gasteiger partial charge is 0.313 e. The predicted octanol–water partition coefficient (Wildman–Crippen LogP) is 2.73. The third-order valence-electron chi connectivity index (χ3n) is 3.03. The van der Waals surface area contributed by atoms with Crippen molar-refractivity contribution < 1.29 is 4.79 Å². The molecule has 0 saturated heterocycles. The van der Waals surface area contributed by atoms with E-state index in [1.807, 2.05) is 0 Å². The number of nitrogens with zero attached hydrogens (tertiary/aromatic N) is 1. The predicted molar refractivity (Wildman–Crippen MR) is 56.3 cm³/mol. The number of amides is 1. The van der Waals surface area contributed by atoms with Crippen LogP contribution in [0.5, 0.6) is 0 Å². The second kappa shape index (κ2) is 4.12. The van der Waals surface area contributed by atoms with E-state index >= 15 is 0 Å². The topological polar surface area (TPSA) is 20.3 Å². The SMILES string of the molecule is CCC(C)(C)N([C]=O)C(C)(C)CC. The summed E-state index contributed by atoms with van der Waals surface area (Å²) in [6.45, 7) is 12.5. The minimum Gasteiger partial charge on any atom is -0.324 e. The largest absolute Gasteiger partial charge is 0.324 e. The van der Waals surface area contributed by atoms with Gasteiger partial charge in [0.15, 0.2) is 0 Å². The quantitative estimate of drug-likeness (QED) is 0.602. The van der Waals surface area contributed by atoms with Crippen molar-refractivity contribution in [2.45, 2.75) is 65.5 Å². The van der Waals surface area contributed by atoms with Gasteiger partial charge in [-0.3, -0.25) is 4.79 Å². The molecule has 1 amide bonds. The molecule has 0 aromatic rings. The van der Waals surface area contributed by atoms with Gasteiger partial charge in [0.2, 0.25) is 0 Å². The first-order valence-corrected chi connectivity index (χ1v) is 5.00. The molecule has 0 N–H and O–H groups in total. The van der Waals surface area contributed by atoms with Gasteiger partial charge in [-0.25, -0.2) is 0 Å². The molecular formula is C11H22NO. The Balaban J connectivity index is 4.79. The van der Waals surface area contributed by atoms with Crippen molar-refractivity contribution in [3.05, 3.63) is 0 Å². The van der Waals surface area contributed by atoms with Gasteiger partial charge in [0, 0.05) is 11.1 Å². The molecule has 0 aromatic heterocycles. The van der Waals surface area contributed by atoms with Crippen molar-refractivity contribution in [1.82, 2.24) is 4.90 Å². The second-order valence-electron chi connectivity index (χ2n) is 4.76.